The van der Waals surface area contributed by atoms with Gasteiger partial charge in [-0.05, 0) is 43.5 Å². The molecule has 0 aliphatic carbocycles. The van der Waals surface area contributed by atoms with Gasteiger partial charge >= 0.3 is 0 Å². The van der Waals surface area contributed by atoms with E-state index in [-0.39, 0.29) is 23.3 Å². The number of anilines is 1. The number of nitrogens with one attached hydrogen (secondary N) is 1. The lowest BCUT2D eigenvalue weighted by atomic mass is 10.00. The summed E-state index contributed by atoms with van der Waals surface area (Å²) in [5.74, 6) is -0.209. The van der Waals surface area contributed by atoms with Gasteiger partial charge in [-0.15, -0.1) is 0 Å². The predicted molar refractivity (Wildman–Crippen MR) is 122 cm³/mol. The third-order valence-electron chi connectivity index (χ3n) is 5.97. The molecule has 1 aromatic heterocycles. The highest BCUT2D eigenvalue weighted by Gasteiger charge is 2.19. The number of pyridine rings is 1. The van der Waals surface area contributed by atoms with Gasteiger partial charge in [0, 0.05) is 48.7 Å². The standard InChI is InChI=1S/C25H27N3O3/c1-18(19-8-3-2-4-9-19)24(30)26-22-11-5-10-21-20(22)13-17-28(25(21)31)16-7-15-27-14-6-12-23(27)29/h2-5,8-11,13,17-18H,6-7,12,14-16H2,1H3,(H,26,30). The number of fused-ring (bicyclic) bond motifs is 1. The van der Waals surface area contributed by atoms with Gasteiger partial charge in [0.15, 0.2) is 0 Å². The van der Waals surface area contributed by atoms with E-state index in [0.717, 1.165) is 30.3 Å². The van der Waals surface area contributed by atoms with Gasteiger partial charge in [-0.3, -0.25) is 14.4 Å². The first-order valence-electron chi connectivity index (χ1n) is 10.8. The molecule has 6 nitrogen and oxygen atoms in total. The first kappa shape index (κ1) is 20.8. The molecule has 0 saturated carbocycles. The molecule has 1 aliphatic heterocycles. The Morgan fingerprint density at radius 2 is 1.81 bits per heavy atom. The van der Waals surface area contributed by atoms with Crippen molar-refractivity contribution >= 4 is 28.3 Å². The minimum atomic E-state index is -0.301. The third-order valence-corrected chi connectivity index (χ3v) is 5.97. The van der Waals surface area contributed by atoms with E-state index >= 15 is 0 Å². The molecule has 2 aromatic carbocycles. The highest BCUT2D eigenvalue weighted by atomic mass is 16.2. The number of hydrogen-bond donors (Lipinski definition) is 1. The summed E-state index contributed by atoms with van der Waals surface area (Å²) in [5, 5.41) is 4.29. The summed E-state index contributed by atoms with van der Waals surface area (Å²) in [7, 11) is 0. The van der Waals surface area contributed by atoms with Crippen molar-refractivity contribution in [2.45, 2.75) is 38.6 Å². The van der Waals surface area contributed by atoms with Crippen LogP contribution in [0.15, 0.2) is 65.6 Å². The molecule has 160 valence electrons. The molecular formula is C25H27N3O3. The van der Waals surface area contributed by atoms with Gasteiger partial charge in [-0.25, -0.2) is 0 Å². The number of hydrogen-bond acceptors (Lipinski definition) is 3. The van der Waals surface area contributed by atoms with Gasteiger partial charge in [-0.2, -0.15) is 0 Å². The second kappa shape index (κ2) is 9.16. The lowest BCUT2D eigenvalue weighted by Crippen LogP contribution is -2.28. The lowest BCUT2D eigenvalue weighted by Gasteiger charge is -2.16. The molecule has 6 heteroatoms. The number of nitrogens with zero attached hydrogens (tertiary/aromatic N) is 2. The molecule has 1 saturated heterocycles. The maximum atomic E-state index is 13.0. The smallest absolute Gasteiger partial charge is 0.258 e. The predicted octanol–water partition coefficient (Wildman–Crippen LogP) is 3.76. The first-order chi connectivity index (χ1) is 15.0. The maximum absolute atomic E-state index is 13.0. The summed E-state index contributed by atoms with van der Waals surface area (Å²) in [5.41, 5.74) is 1.49. The maximum Gasteiger partial charge on any atom is 0.258 e. The van der Waals surface area contributed by atoms with Gasteiger partial charge in [0.25, 0.3) is 5.56 Å². The van der Waals surface area contributed by atoms with Crippen molar-refractivity contribution in [1.82, 2.24) is 9.47 Å². The Hall–Kier alpha value is -3.41. The molecule has 1 fully saturated rings. The van der Waals surface area contributed by atoms with Crippen LogP contribution in [0.4, 0.5) is 5.69 Å². The minimum absolute atomic E-state index is 0.0857. The van der Waals surface area contributed by atoms with Gasteiger partial charge < -0.3 is 14.8 Å². The largest absolute Gasteiger partial charge is 0.343 e. The van der Waals surface area contributed by atoms with E-state index in [9.17, 15) is 14.4 Å². The summed E-state index contributed by atoms with van der Waals surface area (Å²) >= 11 is 0. The molecule has 1 aliphatic rings. The number of aromatic nitrogens is 1. The average molecular weight is 418 g/mol. The number of carbonyl (C=O) groups excluding carboxylic acids is 2. The molecule has 0 radical (unpaired) electrons. The second-order valence-electron chi connectivity index (χ2n) is 8.04. The molecule has 1 unspecified atom stereocenters. The summed E-state index contributed by atoms with van der Waals surface area (Å²) in [6.07, 6.45) is 4.06. The van der Waals surface area contributed by atoms with Crippen LogP contribution in [0.5, 0.6) is 0 Å². The molecule has 0 spiro atoms. The van der Waals surface area contributed by atoms with Crippen LogP contribution in [0.25, 0.3) is 10.8 Å². The van der Waals surface area contributed by atoms with Crippen molar-refractivity contribution in [1.29, 1.82) is 0 Å². The van der Waals surface area contributed by atoms with Crippen LogP contribution < -0.4 is 10.9 Å². The fourth-order valence-corrected chi connectivity index (χ4v) is 4.11. The van der Waals surface area contributed by atoms with Crippen LogP contribution in [0.3, 0.4) is 0 Å². The van der Waals surface area contributed by atoms with Crippen LogP contribution in [0.2, 0.25) is 0 Å². The monoisotopic (exact) mass is 417 g/mol. The summed E-state index contributed by atoms with van der Waals surface area (Å²) in [6, 6.07) is 16.9. The van der Waals surface area contributed by atoms with Crippen LogP contribution in [-0.4, -0.2) is 34.4 Å². The fraction of sp³-hybridized carbons (Fsp3) is 0.320. The first-order valence-corrected chi connectivity index (χ1v) is 10.8. The third kappa shape index (κ3) is 4.53. The van der Waals surface area contributed by atoms with Crippen molar-refractivity contribution < 1.29 is 9.59 Å². The number of aryl methyl sites for hydroxylation is 1. The molecule has 1 atom stereocenters. The number of benzene rings is 2. The van der Waals surface area contributed by atoms with Crippen LogP contribution in [-0.2, 0) is 16.1 Å². The van der Waals surface area contributed by atoms with Gasteiger partial charge in [0.05, 0.1) is 5.92 Å². The zero-order valence-corrected chi connectivity index (χ0v) is 17.7. The topological polar surface area (TPSA) is 71.4 Å². The second-order valence-corrected chi connectivity index (χ2v) is 8.04. The molecule has 2 heterocycles. The fourth-order valence-electron chi connectivity index (χ4n) is 4.11. The Labute approximate surface area is 181 Å². The van der Waals surface area contributed by atoms with Gasteiger partial charge in [0.1, 0.15) is 0 Å². The Morgan fingerprint density at radius 3 is 2.55 bits per heavy atom. The van der Waals surface area contributed by atoms with Crippen LogP contribution in [0, 0.1) is 0 Å². The minimum Gasteiger partial charge on any atom is -0.343 e. The van der Waals surface area contributed by atoms with Crippen molar-refractivity contribution in [3.05, 3.63) is 76.7 Å². The number of amides is 2. The highest BCUT2D eigenvalue weighted by molar-refractivity contribution is 6.03. The number of likely N-dealkylation sites (tertiary alicyclic amines) is 1. The molecule has 2 amide bonds. The summed E-state index contributed by atoms with van der Waals surface area (Å²) in [4.78, 5) is 39.4. The number of rotatable bonds is 7. The van der Waals surface area contributed by atoms with E-state index in [1.807, 2.05) is 54.3 Å². The molecular weight excluding hydrogens is 390 g/mol. The molecule has 3 aromatic rings. The van der Waals surface area contributed by atoms with Crippen LogP contribution >= 0.6 is 0 Å². The molecule has 4 rings (SSSR count). The van der Waals surface area contributed by atoms with E-state index in [1.54, 1.807) is 22.9 Å². The van der Waals surface area contributed by atoms with Gasteiger partial charge in [-0.1, -0.05) is 36.4 Å². The van der Waals surface area contributed by atoms with E-state index in [2.05, 4.69) is 5.32 Å². The molecule has 0 bridgehead atoms. The quantitative estimate of drug-likeness (QED) is 0.636. The molecule has 31 heavy (non-hydrogen) atoms. The lowest BCUT2D eigenvalue weighted by molar-refractivity contribution is -0.127. The summed E-state index contributed by atoms with van der Waals surface area (Å²) in [6.45, 7) is 3.92. The Kier molecular flexibility index (Phi) is 6.16. The van der Waals surface area contributed by atoms with Crippen molar-refractivity contribution in [3.8, 4) is 0 Å². The van der Waals surface area contributed by atoms with E-state index in [0.29, 0.717) is 30.6 Å². The Morgan fingerprint density at radius 1 is 1.00 bits per heavy atom. The molecule has 1 N–H and O–H groups in total. The Bertz CT molecular complexity index is 1150. The van der Waals surface area contributed by atoms with E-state index in [4.69, 9.17) is 0 Å². The SMILES string of the molecule is CC(C(=O)Nc1cccc2c(=O)n(CCCN3CCCC3=O)ccc12)c1ccccc1. The summed E-state index contributed by atoms with van der Waals surface area (Å²) < 4.78 is 1.68. The highest BCUT2D eigenvalue weighted by Crippen LogP contribution is 2.23. The zero-order valence-electron chi connectivity index (χ0n) is 17.7. The van der Waals surface area contributed by atoms with Crippen molar-refractivity contribution in [3.63, 3.8) is 0 Å². The van der Waals surface area contributed by atoms with Gasteiger partial charge in [0.2, 0.25) is 11.8 Å². The van der Waals surface area contributed by atoms with E-state index < -0.39 is 0 Å². The van der Waals surface area contributed by atoms with Crippen LogP contribution in [0.1, 0.15) is 37.7 Å². The van der Waals surface area contributed by atoms with E-state index in [1.165, 1.54) is 0 Å². The zero-order chi connectivity index (χ0) is 21.8. The van der Waals surface area contributed by atoms with Crippen molar-refractivity contribution in [2.75, 3.05) is 18.4 Å². The average Bonchev–Trinajstić information content (AvgIpc) is 3.20. The normalized spacial score (nSPS) is 14.7. The Balaban J connectivity index is 1.49. The number of carbonyl (C=O) groups is 2. The van der Waals surface area contributed by atoms with Crippen molar-refractivity contribution in [2.24, 2.45) is 0 Å².